The number of aryl methyl sites for hydroxylation is 2. The number of esters is 2. The Morgan fingerprint density at radius 1 is 0.643 bits per heavy atom. The lowest BCUT2D eigenvalue weighted by molar-refractivity contribution is -0.941. The quantitative estimate of drug-likeness (QED) is 0.0149. The molecule has 2 aliphatic rings. The number of carbonyl (C=O) groups is 3. The van der Waals surface area contributed by atoms with E-state index in [1.807, 2.05) is 24.3 Å². The predicted molar refractivity (Wildman–Crippen MR) is 265 cm³/mol. The molecule has 374 valence electrons. The summed E-state index contributed by atoms with van der Waals surface area (Å²) in [6.07, 6.45) is 6.42. The topological polar surface area (TPSA) is 174 Å². The summed E-state index contributed by atoms with van der Waals surface area (Å²) < 4.78 is 46.8. The molecule has 4 atom stereocenters. The smallest absolute Gasteiger partial charge is 0.331 e. The van der Waals surface area contributed by atoms with Crippen LogP contribution in [0.25, 0.3) is 10.4 Å². The lowest BCUT2D eigenvalue weighted by Gasteiger charge is -2.46. The maximum Gasteiger partial charge on any atom is 0.331 e. The molecule has 0 bridgehead atoms. The number of likely N-dealkylation sites (N-methyl/N-ethyl adjacent to an activating group) is 2. The second-order valence-electron chi connectivity index (χ2n) is 18.7. The molecule has 0 fully saturated rings. The third kappa shape index (κ3) is 11.6. The Morgan fingerprint density at radius 2 is 1.19 bits per heavy atom. The number of hydrogen-bond acceptors (Lipinski definition) is 11. The number of rotatable bonds is 21. The van der Waals surface area contributed by atoms with Crippen LogP contribution in [0.5, 0.6) is 34.5 Å². The molecule has 16 nitrogen and oxygen atoms in total. The molecular weight excluding hydrogens is 895 g/mol. The van der Waals surface area contributed by atoms with E-state index in [1.54, 1.807) is 42.5 Å². The monoisotopic (exact) mass is 963 g/mol. The fourth-order valence-corrected chi connectivity index (χ4v) is 10.5. The molecule has 0 spiro atoms. The molecule has 0 radical (unpaired) electrons. The molecule has 0 saturated heterocycles. The number of quaternary nitrogens is 2. The second kappa shape index (κ2) is 23.2. The molecule has 2 aliphatic heterocycles. The van der Waals surface area contributed by atoms with Crippen molar-refractivity contribution in [2.24, 2.45) is 5.11 Å². The number of benzene rings is 4. The molecular formula is C54H69N5O11+2. The molecule has 0 aromatic heterocycles. The van der Waals surface area contributed by atoms with Gasteiger partial charge in [0.05, 0.1) is 107 Å². The number of hydrogen-bond donors (Lipinski definition) is 0. The molecule has 16 heteroatoms. The van der Waals surface area contributed by atoms with Crippen molar-refractivity contribution in [2.75, 3.05) is 96.1 Å². The van der Waals surface area contributed by atoms with Gasteiger partial charge in [0.1, 0.15) is 23.6 Å². The zero-order chi connectivity index (χ0) is 50.8. The predicted octanol–water partition coefficient (Wildman–Crippen LogP) is 8.81. The van der Waals surface area contributed by atoms with Crippen LogP contribution in [0.4, 0.5) is 0 Å². The molecule has 0 saturated carbocycles. The molecule has 0 aliphatic carbocycles. The number of ether oxygens (including phenoxy) is 8. The second-order valence-corrected chi connectivity index (χ2v) is 18.7. The van der Waals surface area contributed by atoms with Gasteiger partial charge in [0.2, 0.25) is 0 Å². The summed E-state index contributed by atoms with van der Waals surface area (Å²) in [6, 6.07) is 16.2. The number of azide groups is 1. The van der Waals surface area contributed by atoms with Gasteiger partial charge < -0.3 is 46.9 Å². The van der Waals surface area contributed by atoms with E-state index >= 15 is 0 Å². The first-order valence-corrected chi connectivity index (χ1v) is 23.7. The van der Waals surface area contributed by atoms with Crippen LogP contribution in [0.1, 0.15) is 85.4 Å². The van der Waals surface area contributed by atoms with Crippen LogP contribution < -0.4 is 28.4 Å². The van der Waals surface area contributed by atoms with Crippen LogP contribution in [0.15, 0.2) is 65.8 Å². The Kier molecular flexibility index (Phi) is 17.5. The summed E-state index contributed by atoms with van der Waals surface area (Å²) in [6.45, 7) is 9.43. The van der Waals surface area contributed by atoms with Crippen molar-refractivity contribution in [1.82, 2.24) is 0 Å². The highest BCUT2D eigenvalue weighted by Crippen LogP contribution is 2.46. The summed E-state index contributed by atoms with van der Waals surface area (Å²) in [4.78, 5) is 41.1. The van der Waals surface area contributed by atoms with E-state index in [4.69, 9.17) is 43.4 Å². The molecule has 6 rings (SSSR count). The molecule has 4 aromatic rings. The zero-order valence-corrected chi connectivity index (χ0v) is 42.6. The van der Waals surface area contributed by atoms with Gasteiger partial charge in [0.15, 0.2) is 23.0 Å². The summed E-state index contributed by atoms with van der Waals surface area (Å²) in [5.41, 5.74) is 18.9. The van der Waals surface area contributed by atoms with Gasteiger partial charge in [-0.2, -0.15) is 0 Å². The standard InChI is InChI=1S/C54H69N5O11/c1-34-27-40-19-23-59(5,43(52(40)53(68-11)36(34)3)29-38-26-35(2)51(48(31-38)67-10)54(62)56-57-55)21-13-25-70-50(61)17-16-49(60)69-24-12-20-58(4)22-18-39-32-46(65-8)47(66-9)33-41(39)42(58)28-37-14-15-44(63-6)45(30-37)64-7/h14-17,26-27,30-33,42-43H,12-13,18-25,28-29H2,1-11H3/q+2/b17-16+. The van der Waals surface area contributed by atoms with E-state index in [2.05, 4.69) is 62.2 Å². The van der Waals surface area contributed by atoms with Crippen LogP contribution in [0.2, 0.25) is 0 Å². The van der Waals surface area contributed by atoms with E-state index in [-0.39, 0.29) is 30.9 Å². The van der Waals surface area contributed by atoms with Crippen molar-refractivity contribution in [3.63, 3.8) is 0 Å². The van der Waals surface area contributed by atoms with Crippen LogP contribution in [0, 0.1) is 20.8 Å². The highest BCUT2D eigenvalue weighted by Gasteiger charge is 2.43. The Morgan fingerprint density at radius 3 is 1.77 bits per heavy atom. The van der Waals surface area contributed by atoms with Gasteiger partial charge in [-0.3, -0.25) is 4.79 Å². The average Bonchev–Trinajstić information content (AvgIpc) is 3.35. The third-order valence-electron chi connectivity index (χ3n) is 14.4. The minimum Gasteiger partial charge on any atom is -0.496 e. The number of fused-ring (bicyclic) bond motifs is 2. The van der Waals surface area contributed by atoms with Crippen LogP contribution in [0.3, 0.4) is 0 Å². The molecule has 4 unspecified atom stereocenters. The largest absolute Gasteiger partial charge is 0.496 e. The van der Waals surface area contributed by atoms with Gasteiger partial charge in [-0.15, -0.1) is 0 Å². The van der Waals surface area contributed by atoms with Gasteiger partial charge in [-0.05, 0) is 101 Å². The zero-order valence-electron chi connectivity index (χ0n) is 42.6. The van der Waals surface area contributed by atoms with E-state index in [0.29, 0.717) is 69.1 Å². The Bertz CT molecular complexity index is 2660. The molecule has 2 heterocycles. The fraction of sp³-hybridized carbons (Fsp3) is 0.463. The van der Waals surface area contributed by atoms with Gasteiger partial charge >= 0.3 is 11.9 Å². The van der Waals surface area contributed by atoms with Crippen LogP contribution in [-0.2, 0) is 44.7 Å². The number of amides is 1. The van der Waals surface area contributed by atoms with Crippen molar-refractivity contribution in [2.45, 2.75) is 71.4 Å². The van der Waals surface area contributed by atoms with Crippen molar-refractivity contribution in [3.8, 4) is 34.5 Å². The molecule has 70 heavy (non-hydrogen) atoms. The van der Waals surface area contributed by atoms with E-state index < -0.39 is 17.8 Å². The SMILES string of the molecule is COc1ccc(CC2c3cc(OC)c(OC)cc3CC[N+]2(C)CCCOC(=O)/C=C/C(=O)OCCC[N+]2(C)CCc3cc(C)c(C)c(OC)c3C2Cc2cc(C)c(C(=O)N=[N+]=[N-])c(OC)c2)cc1OC. The molecule has 1 amide bonds. The first kappa shape index (κ1) is 52.6. The Hall–Kier alpha value is -6.74. The van der Waals surface area contributed by atoms with E-state index in [9.17, 15) is 14.4 Å². The molecule has 0 N–H and O–H groups in total. The van der Waals surface area contributed by atoms with Crippen LogP contribution in [-0.4, -0.2) is 123 Å². The molecule has 4 aromatic carbocycles. The first-order chi connectivity index (χ1) is 33.6. The summed E-state index contributed by atoms with van der Waals surface area (Å²) in [7, 11) is 14.2. The highest BCUT2D eigenvalue weighted by atomic mass is 16.5. The third-order valence-corrected chi connectivity index (χ3v) is 14.4. The minimum absolute atomic E-state index is 0.0562. The highest BCUT2D eigenvalue weighted by molar-refractivity contribution is 5.99. The fourth-order valence-electron chi connectivity index (χ4n) is 10.5. The van der Waals surface area contributed by atoms with E-state index in [1.165, 1.54) is 23.8 Å². The van der Waals surface area contributed by atoms with Crippen molar-refractivity contribution in [1.29, 1.82) is 0 Å². The van der Waals surface area contributed by atoms with Gasteiger partial charge in [-0.25, -0.2) is 9.59 Å². The lowest BCUT2D eigenvalue weighted by Crippen LogP contribution is -2.53. The average molecular weight is 964 g/mol. The normalized spacial score (nSPS) is 19.2. The van der Waals surface area contributed by atoms with Crippen molar-refractivity contribution in [3.05, 3.63) is 127 Å². The van der Waals surface area contributed by atoms with Gasteiger partial charge in [0.25, 0.3) is 5.91 Å². The van der Waals surface area contributed by atoms with Crippen molar-refractivity contribution < 1.29 is 61.2 Å². The number of nitrogens with zero attached hydrogens (tertiary/aromatic N) is 5. The number of carbonyl (C=O) groups excluding carboxylic acids is 3. The van der Waals surface area contributed by atoms with Gasteiger partial charge in [-0.1, -0.05) is 18.2 Å². The number of methoxy groups -OCH3 is 6. The summed E-state index contributed by atoms with van der Waals surface area (Å²) in [5.74, 6) is 1.97. The Balaban J connectivity index is 1.07. The lowest BCUT2D eigenvalue weighted by atomic mass is 9.83. The van der Waals surface area contributed by atoms with Crippen LogP contribution >= 0.6 is 0 Å². The summed E-state index contributed by atoms with van der Waals surface area (Å²) in [5, 5.41) is 3.31. The maximum absolute atomic E-state index is 12.9. The Labute approximate surface area is 411 Å². The van der Waals surface area contributed by atoms with E-state index in [0.717, 1.165) is 84.6 Å². The first-order valence-electron chi connectivity index (χ1n) is 23.7. The minimum atomic E-state index is -0.700. The summed E-state index contributed by atoms with van der Waals surface area (Å²) >= 11 is 0. The maximum atomic E-state index is 12.9. The van der Waals surface area contributed by atoms with Gasteiger partial charge in [0, 0.05) is 61.2 Å². The van der Waals surface area contributed by atoms with Crippen molar-refractivity contribution >= 4 is 17.8 Å².